The summed E-state index contributed by atoms with van der Waals surface area (Å²) in [6.07, 6.45) is 1.46. The van der Waals surface area contributed by atoms with Gasteiger partial charge in [-0.25, -0.2) is 0 Å². The second-order valence-corrected chi connectivity index (χ2v) is 7.29. The Kier molecular flexibility index (Phi) is 7.12. The van der Waals surface area contributed by atoms with Crippen LogP contribution in [0.25, 0.3) is 11.3 Å². The van der Waals surface area contributed by atoms with Gasteiger partial charge in [-0.05, 0) is 69.3 Å². The normalized spacial score (nSPS) is 15.4. The Labute approximate surface area is 169 Å². The zero-order chi connectivity index (χ0) is 19.9. The number of furan rings is 1. The third-order valence-electron chi connectivity index (χ3n) is 4.82. The molecule has 1 aliphatic rings. The summed E-state index contributed by atoms with van der Waals surface area (Å²) in [7, 11) is 0. The highest BCUT2D eigenvalue weighted by molar-refractivity contribution is 6.30. The maximum absolute atomic E-state index is 12.2. The number of hydrogen-bond donors (Lipinski definition) is 1. The second kappa shape index (κ2) is 9.75. The standard InChI is InChI=1S/C21H25ClN2O4/c1-2-27-21(26)16-9-11-24(12-10-16)14-20(25)23-13-18-7-8-19(28-18)15-3-5-17(22)6-4-15/h3-8,16H,2,9-14H2,1H3,(H,23,25). The lowest BCUT2D eigenvalue weighted by atomic mass is 9.97. The molecular weight excluding hydrogens is 380 g/mol. The second-order valence-electron chi connectivity index (χ2n) is 6.85. The first kappa shape index (κ1) is 20.4. The van der Waals surface area contributed by atoms with Crippen LogP contribution in [-0.4, -0.2) is 43.0 Å². The third-order valence-corrected chi connectivity index (χ3v) is 5.08. The van der Waals surface area contributed by atoms with Crippen LogP contribution in [0.15, 0.2) is 40.8 Å². The number of benzene rings is 1. The molecule has 1 aliphatic heterocycles. The summed E-state index contributed by atoms with van der Waals surface area (Å²) >= 11 is 5.90. The molecule has 2 aromatic rings. The Bertz CT molecular complexity index is 795. The number of halogens is 1. The van der Waals surface area contributed by atoms with E-state index in [0.717, 1.165) is 37.3 Å². The lowest BCUT2D eigenvalue weighted by Crippen LogP contribution is -2.42. The summed E-state index contributed by atoms with van der Waals surface area (Å²) in [5.41, 5.74) is 0.937. The Morgan fingerprint density at radius 3 is 2.57 bits per heavy atom. The quantitative estimate of drug-likeness (QED) is 0.715. The van der Waals surface area contributed by atoms with Gasteiger partial charge in [0.25, 0.3) is 0 Å². The molecule has 7 heteroatoms. The molecule has 0 radical (unpaired) electrons. The molecule has 28 heavy (non-hydrogen) atoms. The van der Waals surface area contributed by atoms with Crippen LogP contribution >= 0.6 is 11.6 Å². The van der Waals surface area contributed by atoms with Gasteiger partial charge < -0.3 is 14.5 Å². The molecule has 1 fully saturated rings. The summed E-state index contributed by atoms with van der Waals surface area (Å²) in [5.74, 6) is 1.20. The van der Waals surface area contributed by atoms with Crippen molar-refractivity contribution in [3.63, 3.8) is 0 Å². The summed E-state index contributed by atoms with van der Waals surface area (Å²) in [5, 5.41) is 3.56. The van der Waals surface area contributed by atoms with Gasteiger partial charge >= 0.3 is 5.97 Å². The number of carbonyl (C=O) groups excluding carboxylic acids is 2. The molecule has 1 N–H and O–H groups in total. The van der Waals surface area contributed by atoms with E-state index in [1.54, 1.807) is 0 Å². The van der Waals surface area contributed by atoms with Crippen molar-refractivity contribution in [2.45, 2.75) is 26.3 Å². The molecule has 0 aliphatic carbocycles. The first-order chi connectivity index (χ1) is 13.5. The fourth-order valence-corrected chi connectivity index (χ4v) is 3.40. The third kappa shape index (κ3) is 5.59. The lowest BCUT2D eigenvalue weighted by Gasteiger charge is -2.30. The van der Waals surface area contributed by atoms with Crippen LogP contribution in [0.4, 0.5) is 0 Å². The SMILES string of the molecule is CCOC(=O)C1CCN(CC(=O)NCc2ccc(-c3ccc(Cl)cc3)o2)CC1. The van der Waals surface area contributed by atoms with Gasteiger partial charge in [0.2, 0.25) is 5.91 Å². The Hall–Kier alpha value is -2.31. The molecule has 0 unspecified atom stereocenters. The summed E-state index contributed by atoms with van der Waals surface area (Å²) in [6, 6.07) is 11.1. The van der Waals surface area contributed by atoms with Crippen molar-refractivity contribution in [2.24, 2.45) is 5.92 Å². The molecule has 6 nitrogen and oxygen atoms in total. The number of carbonyl (C=O) groups is 2. The number of rotatable bonds is 7. The average Bonchev–Trinajstić information content (AvgIpc) is 3.17. The van der Waals surface area contributed by atoms with Crippen LogP contribution in [0, 0.1) is 5.92 Å². The highest BCUT2D eigenvalue weighted by Gasteiger charge is 2.26. The van der Waals surface area contributed by atoms with E-state index >= 15 is 0 Å². The smallest absolute Gasteiger partial charge is 0.309 e. The van der Waals surface area contributed by atoms with E-state index in [1.807, 2.05) is 43.3 Å². The van der Waals surface area contributed by atoms with Crippen LogP contribution in [0.1, 0.15) is 25.5 Å². The zero-order valence-corrected chi connectivity index (χ0v) is 16.7. The molecule has 1 aromatic heterocycles. The van der Waals surface area contributed by atoms with E-state index in [2.05, 4.69) is 10.2 Å². The fraction of sp³-hybridized carbons (Fsp3) is 0.429. The summed E-state index contributed by atoms with van der Waals surface area (Å²) < 4.78 is 10.9. The number of nitrogens with zero attached hydrogens (tertiary/aromatic N) is 1. The number of amides is 1. The molecular formula is C21H25ClN2O4. The minimum atomic E-state index is -0.124. The first-order valence-electron chi connectivity index (χ1n) is 9.55. The highest BCUT2D eigenvalue weighted by atomic mass is 35.5. The van der Waals surface area contributed by atoms with E-state index < -0.39 is 0 Å². The molecule has 2 heterocycles. The monoisotopic (exact) mass is 404 g/mol. The van der Waals surface area contributed by atoms with E-state index in [9.17, 15) is 9.59 Å². The van der Waals surface area contributed by atoms with Crippen molar-refractivity contribution < 1.29 is 18.7 Å². The number of hydrogen-bond acceptors (Lipinski definition) is 5. The largest absolute Gasteiger partial charge is 0.466 e. The van der Waals surface area contributed by atoms with E-state index in [-0.39, 0.29) is 17.8 Å². The van der Waals surface area contributed by atoms with Gasteiger partial charge in [-0.1, -0.05) is 11.6 Å². The van der Waals surface area contributed by atoms with Crippen molar-refractivity contribution in [2.75, 3.05) is 26.2 Å². The predicted molar refractivity (Wildman–Crippen MR) is 107 cm³/mol. The molecule has 1 amide bonds. The Morgan fingerprint density at radius 1 is 1.18 bits per heavy atom. The molecule has 0 spiro atoms. The fourth-order valence-electron chi connectivity index (χ4n) is 3.27. The van der Waals surface area contributed by atoms with E-state index in [0.29, 0.717) is 30.5 Å². The van der Waals surface area contributed by atoms with Gasteiger partial charge in [-0.3, -0.25) is 14.5 Å². The minimum absolute atomic E-state index is 0.0475. The maximum atomic E-state index is 12.2. The Morgan fingerprint density at radius 2 is 1.89 bits per heavy atom. The number of nitrogens with one attached hydrogen (secondary N) is 1. The van der Waals surface area contributed by atoms with Crippen molar-refractivity contribution in [1.29, 1.82) is 0 Å². The number of ether oxygens (including phenoxy) is 1. The topological polar surface area (TPSA) is 71.8 Å². The molecule has 1 aromatic carbocycles. The maximum Gasteiger partial charge on any atom is 0.309 e. The van der Waals surface area contributed by atoms with Crippen molar-refractivity contribution in [3.8, 4) is 11.3 Å². The van der Waals surface area contributed by atoms with Gasteiger partial charge in [0.05, 0.1) is 25.6 Å². The van der Waals surface area contributed by atoms with Gasteiger partial charge in [0.15, 0.2) is 0 Å². The van der Waals surface area contributed by atoms with E-state index in [1.165, 1.54) is 0 Å². The van der Waals surface area contributed by atoms with Crippen LogP contribution in [0.3, 0.4) is 0 Å². The van der Waals surface area contributed by atoms with Gasteiger partial charge in [-0.15, -0.1) is 0 Å². The molecule has 0 atom stereocenters. The van der Waals surface area contributed by atoms with Crippen LogP contribution in [-0.2, 0) is 20.9 Å². The number of esters is 1. The number of piperidine rings is 1. The highest BCUT2D eigenvalue weighted by Crippen LogP contribution is 2.24. The lowest BCUT2D eigenvalue weighted by molar-refractivity contribution is -0.149. The van der Waals surface area contributed by atoms with Crippen molar-refractivity contribution >= 4 is 23.5 Å². The zero-order valence-electron chi connectivity index (χ0n) is 15.9. The summed E-state index contributed by atoms with van der Waals surface area (Å²) in [6.45, 7) is 4.32. The Balaban J connectivity index is 1.42. The van der Waals surface area contributed by atoms with E-state index in [4.69, 9.17) is 20.8 Å². The average molecular weight is 405 g/mol. The van der Waals surface area contributed by atoms with Crippen LogP contribution in [0.5, 0.6) is 0 Å². The predicted octanol–water partition coefficient (Wildman–Crippen LogP) is 3.49. The minimum Gasteiger partial charge on any atom is -0.466 e. The molecule has 150 valence electrons. The van der Waals surface area contributed by atoms with Crippen molar-refractivity contribution in [1.82, 2.24) is 10.2 Å². The van der Waals surface area contributed by atoms with Crippen LogP contribution < -0.4 is 5.32 Å². The van der Waals surface area contributed by atoms with Crippen molar-refractivity contribution in [3.05, 3.63) is 47.2 Å². The number of likely N-dealkylation sites (tertiary alicyclic amines) is 1. The molecule has 0 saturated carbocycles. The first-order valence-corrected chi connectivity index (χ1v) is 9.93. The molecule has 0 bridgehead atoms. The van der Waals surface area contributed by atoms with Gasteiger partial charge in [0.1, 0.15) is 11.5 Å². The van der Waals surface area contributed by atoms with Crippen LogP contribution in [0.2, 0.25) is 5.02 Å². The summed E-state index contributed by atoms with van der Waals surface area (Å²) in [4.78, 5) is 26.0. The van der Waals surface area contributed by atoms with Gasteiger partial charge in [-0.2, -0.15) is 0 Å². The molecule has 1 saturated heterocycles. The molecule has 3 rings (SSSR count). The van der Waals surface area contributed by atoms with Gasteiger partial charge in [0, 0.05) is 10.6 Å².